The molecule has 31 heavy (non-hydrogen) atoms. The minimum absolute atomic E-state index is 0.00897. The Kier molecular flexibility index (Phi) is 5.84. The fourth-order valence-corrected chi connectivity index (χ4v) is 4.63. The Morgan fingerprint density at radius 3 is 2.55 bits per heavy atom. The van der Waals surface area contributed by atoms with E-state index in [9.17, 15) is 22.0 Å². The first-order valence-electron chi connectivity index (χ1n) is 9.76. The van der Waals surface area contributed by atoms with Gasteiger partial charge in [-0.2, -0.15) is 5.10 Å². The Morgan fingerprint density at radius 2 is 1.81 bits per heavy atom. The van der Waals surface area contributed by atoms with E-state index in [1.54, 1.807) is 18.2 Å². The monoisotopic (exact) mass is 446 g/mol. The molecular formula is C21H20F2N4O3S. The van der Waals surface area contributed by atoms with Gasteiger partial charge in [0.2, 0.25) is 10.0 Å². The van der Waals surface area contributed by atoms with Crippen LogP contribution in [-0.2, 0) is 22.9 Å². The summed E-state index contributed by atoms with van der Waals surface area (Å²) in [6.07, 6.45) is 2.15. The van der Waals surface area contributed by atoms with Crippen molar-refractivity contribution in [2.75, 3.05) is 13.1 Å². The third kappa shape index (κ3) is 4.35. The number of benzene rings is 2. The van der Waals surface area contributed by atoms with Crippen LogP contribution >= 0.6 is 0 Å². The summed E-state index contributed by atoms with van der Waals surface area (Å²) in [4.78, 5) is 12.8. The maximum absolute atomic E-state index is 13.7. The molecule has 1 amide bonds. The van der Waals surface area contributed by atoms with E-state index in [0.717, 1.165) is 29.8 Å². The summed E-state index contributed by atoms with van der Waals surface area (Å²) in [7, 11) is -3.66. The topological polar surface area (TPSA) is 93.1 Å². The Bertz CT molecular complexity index is 1230. The molecule has 0 atom stereocenters. The predicted octanol–water partition coefficient (Wildman–Crippen LogP) is 2.35. The molecule has 0 aliphatic heterocycles. The minimum atomic E-state index is -3.66. The standard InChI is InChI=1S/C21H20F2N4O3S/c22-17-10-9-14(13-18(17)23)27-19-8-4-7-16(19)20(26-27)21(28)24-11-12-25-31(29,30)15-5-2-1-3-6-15/h1-3,5-6,9-10,13,25H,4,7-8,11-12H2,(H,24,28). The molecular weight excluding hydrogens is 426 g/mol. The van der Waals surface area contributed by atoms with Crippen molar-refractivity contribution in [1.29, 1.82) is 0 Å². The van der Waals surface area contributed by atoms with Gasteiger partial charge in [0, 0.05) is 30.4 Å². The fraction of sp³-hybridized carbons (Fsp3) is 0.238. The van der Waals surface area contributed by atoms with E-state index in [-0.39, 0.29) is 23.7 Å². The van der Waals surface area contributed by atoms with Crippen LogP contribution in [0.2, 0.25) is 0 Å². The lowest BCUT2D eigenvalue weighted by Crippen LogP contribution is -2.35. The largest absolute Gasteiger partial charge is 0.349 e. The third-order valence-electron chi connectivity index (χ3n) is 5.05. The SMILES string of the molecule is O=C(NCCNS(=O)(=O)c1ccccc1)c1nn(-c2ccc(F)c(F)c2)c2c1CCC2. The van der Waals surface area contributed by atoms with Gasteiger partial charge in [-0.3, -0.25) is 4.79 Å². The van der Waals surface area contributed by atoms with Gasteiger partial charge in [-0.15, -0.1) is 0 Å². The molecule has 3 aromatic rings. The number of carbonyl (C=O) groups excluding carboxylic acids is 1. The van der Waals surface area contributed by atoms with Gasteiger partial charge in [-0.1, -0.05) is 18.2 Å². The first-order valence-corrected chi connectivity index (χ1v) is 11.2. The highest BCUT2D eigenvalue weighted by atomic mass is 32.2. The molecule has 0 unspecified atom stereocenters. The fourth-order valence-electron chi connectivity index (χ4n) is 3.58. The van der Waals surface area contributed by atoms with Crippen LogP contribution < -0.4 is 10.0 Å². The van der Waals surface area contributed by atoms with Crippen molar-refractivity contribution >= 4 is 15.9 Å². The number of nitrogens with one attached hydrogen (secondary N) is 2. The van der Waals surface area contributed by atoms with Gasteiger partial charge in [0.15, 0.2) is 17.3 Å². The molecule has 1 heterocycles. The van der Waals surface area contributed by atoms with E-state index in [1.807, 2.05) is 0 Å². The Hall–Kier alpha value is -3.11. The lowest BCUT2D eigenvalue weighted by molar-refractivity contribution is 0.0948. The number of amides is 1. The summed E-state index contributed by atoms with van der Waals surface area (Å²) < 4.78 is 55.3. The summed E-state index contributed by atoms with van der Waals surface area (Å²) in [5, 5.41) is 6.99. The van der Waals surface area contributed by atoms with Gasteiger partial charge in [0.1, 0.15) is 0 Å². The van der Waals surface area contributed by atoms with Crippen molar-refractivity contribution in [3.05, 3.63) is 77.1 Å². The van der Waals surface area contributed by atoms with Crippen LogP contribution in [0.25, 0.3) is 5.69 Å². The normalized spacial score (nSPS) is 13.2. The highest BCUT2D eigenvalue weighted by Crippen LogP contribution is 2.28. The van der Waals surface area contributed by atoms with Crippen LogP contribution in [0.3, 0.4) is 0 Å². The van der Waals surface area contributed by atoms with Crippen LogP contribution in [0.4, 0.5) is 8.78 Å². The van der Waals surface area contributed by atoms with Crippen LogP contribution in [0.1, 0.15) is 28.2 Å². The average molecular weight is 446 g/mol. The zero-order chi connectivity index (χ0) is 22.0. The molecule has 1 aromatic heterocycles. The Morgan fingerprint density at radius 1 is 1.03 bits per heavy atom. The van der Waals surface area contributed by atoms with E-state index in [2.05, 4.69) is 15.1 Å². The molecule has 162 valence electrons. The van der Waals surface area contributed by atoms with E-state index in [0.29, 0.717) is 18.5 Å². The van der Waals surface area contributed by atoms with Crippen molar-refractivity contribution < 1.29 is 22.0 Å². The second-order valence-electron chi connectivity index (χ2n) is 7.10. The molecule has 4 rings (SSSR count). The molecule has 7 nitrogen and oxygen atoms in total. The predicted molar refractivity (Wildman–Crippen MR) is 109 cm³/mol. The summed E-state index contributed by atoms with van der Waals surface area (Å²) >= 11 is 0. The van der Waals surface area contributed by atoms with Gasteiger partial charge in [-0.25, -0.2) is 26.6 Å². The molecule has 2 aromatic carbocycles. The summed E-state index contributed by atoms with van der Waals surface area (Å²) in [5.41, 5.74) is 2.11. The molecule has 10 heteroatoms. The zero-order valence-corrected chi connectivity index (χ0v) is 17.3. The maximum atomic E-state index is 13.7. The Balaban J connectivity index is 1.44. The van der Waals surface area contributed by atoms with Crippen LogP contribution in [0, 0.1) is 11.6 Å². The molecule has 0 saturated heterocycles. The summed E-state index contributed by atoms with van der Waals surface area (Å²) in [6, 6.07) is 11.4. The van der Waals surface area contributed by atoms with Gasteiger partial charge in [0.25, 0.3) is 5.91 Å². The zero-order valence-electron chi connectivity index (χ0n) is 16.4. The molecule has 0 fully saturated rings. The molecule has 0 bridgehead atoms. The number of carbonyl (C=O) groups is 1. The number of aromatic nitrogens is 2. The quantitative estimate of drug-likeness (QED) is 0.545. The van der Waals surface area contributed by atoms with Crippen molar-refractivity contribution in [3.63, 3.8) is 0 Å². The van der Waals surface area contributed by atoms with Crippen molar-refractivity contribution in [3.8, 4) is 5.69 Å². The van der Waals surface area contributed by atoms with Gasteiger partial charge < -0.3 is 5.32 Å². The number of nitrogens with zero attached hydrogens (tertiary/aromatic N) is 2. The first-order chi connectivity index (χ1) is 14.9. The van der Waals surface area contributed by atoms with E-state index in [4.69, 9.17) is 0 Å². The number of halogens is 2. The number of hydrogen-bond acceptors (Lipinski definition) is 4. The van der Waals surface area contributed by atoms with Crippen LogP contribution in [0.15, 0.2) is 53.4 Å². The maximum Gasteiger partial charge on any atom is 0.272 e. The number of hydrogen-bond donors (Lipinski definition) is 2. The summed E-state index contributed by atoms with van der Waals surface area (Å²) in [6.45, 7) is 0.0761. The second kappa shape index (κ2) is 8.56. The molecule has 2 N–H and O–H groups in total. The molecule has 1 aliphatic rings. The highest BCUT2D eigenvalue weighted by Gasteiger charge is 2.27. The van der Waals surface area contributed by atoms with Gasteiger partial charge in [0.05, 0.1) is 10.6 Å². The van der Waals surface area contributed by atoms with E-state index in [1.165, 1.54) is 22.9 Å². The van der Waals surface area contributed by atoms with E-state index < -0.39 is 27.6 Å². The lowest BCUT2D eigenvalue weighted by Gasteiger charge is -2.08. The lowest BCUT2D eigenvalue weighted by atomic mass is 10.2. The van der Waals surface area contributed by atoms with Crippen molar-refractivity contribution in [2.24, 2.45) is 0 Å². The molecule has 1 aliphatic carbocycles. The van der Waals surface area contributed by atoms with Crippen LogP contribution in [0.5, 0.6) is 0 Å². The first kappa shape index (κ1) is 21.1. The summed E-state index contributed by atoms with van der Waals surface area (Å²) in [5.74, 6) is -2.39. The minimum Gasteiger partial charge on any atom is -0.349 e. The average Bonchev–Trinajstić information content (AvgIpc) is 3.37. The highest BCUT2D eigenvalue weighted by molar-refractivity contribution is 7.89. The Labute approximate surface area is 178 Å². The van der Waals surface area contributed by atoms with Crippen LogP contribution in [-0.4, -0.2) is 37.2 Å². The van der Waals surface area contributed by atoms with Gasteiger partial charge >= 0.3 is 0 Å². The smallest absolute Gasteiger partial charge is 0.272 e. The van der Waals surface area contributed by atoms with Crippen molar-refractivity contribution in [2.45, 2.75) is 24.2 Å². The molecule has 0 radical (unpaired) electrons. The van der Waals surface area contributed by atoms with Gasteiger partial charge in [-0.05, 0) is 43.5 Å². The third-order valence-corrected chi connectivity index (χ3v) is 6.53. The molecule has 0 spiro atoms. The number of rotatable bonds is 7. The molecule has 0 saturated carbocycles. The number of fused-ring (bicyclic) bond motifs is 1. The van der Waals surface area contributed by atoms with Crippen molar-refractivity contribution in [1.82, 2.24) is 19.8 Å². The second-order valence-corrected chi connectivity index (χ2v) is 8.87. The number of sulfonamides is 1. The van der Waals surface area contributed by atoms with E-state index >= 15 is 0 Å².